The standard InChI is InChI=1S/C8H16N2.C2H6/c1-7-3-4-10-8(7,2)6-9-5-7;1-2/h9-10H,3-6H2,1-2H3;1-2H3. The van der Waals surface area contributed by atoms with Gasteiger partial charge in [-0.15, -0.1) is 0 Å². The van der Waals surface area contributed by atoms with Crippen LogP contribution in [0.1, 0.15) is 34.1 Å². The summed E-state index contributed by atoms with van der Waals surface area (Å²) in [7, 11) is 0. The van der Waals surface area contributed by atoms with Gasteiger partial charge in [-0.2, -0.15) is 0 Å². The van der Waals surface area contributed by atoms with Crippen LogP contribution in [0, 0.1) is 5.41 Å². The summed E-state index contributed by atoms with van der Waals surface area (Å²) in [6, 6.07) is 0. The predicted molar refractivity (Wildman–Crippen MR) is 53.3 cm³/mol. The minimum atomic E-state index is 0.382. The maximum atomic E-state index is 3.57. The van der Waals surface area contributed by atoms with Crippen LogP contribution in [0.2, 0.25) is 0 Å². The van der Waals surface area contributed by atoms with Gasteiger partial charge in [-0.05, 0) is 19.9 Å². The molecule has 2 saturated heterocycles. The zero-order chi connectivity index (χ0) is 9.24. The third-order valence-corrected chi connectivity index (χ3v) is 3.52. The molecule has 72 valence electrons. The quantitative estimate of drug-likeness (QED) is 0.574. The molecule has 0 aromatic rings. The maximum Gasteiger partial charge on any atom is 0.0344 e. The number of rotatable bonds is 0. The monoisotopic (exact) mass is 170 g/mol. The largest absolute Gasteiger partial charge is 0.314 e. The van der Waals surface area contributed by atoms with Gasteiger partial charge in [-0.1, -0.05) is 20.8 Å². The van der Waals surface area contributed by atoms with Crippen molar-refractivity contribution in [3.63, 3.8) is 0 Å². The van der Waals surface area contributed by atoms with Gasteiger partial charge in [0.2, 0.25) is 0 Å². The third kappa shape index (κ3) is 1.27. The lowest BCUT2D eigenvalue weighted by Crippen LogP contribution is -2.47. The molecule has 0 aliphatic carbocycles. The van der Waals surface area contributed by atoms with E-state index in [0.717, 1.165) is 6.54 Å². The summed E-state index contributed by atoms with van der Waals surface area (Å²) in [6.07, 6.45) is 1.33. The molecule has 12 heavy (non-hydrogen) atoms. The first-order valence-electron chi connectivity index (χ1n) is 5.12. The van der Waals surface area contributed by atoms with Gasteiger partial charge in [0.1, 0.15) is 0 Å². The maximum absolute atomic E-state index is 3.57. The second-order valence-electron chi connectivity index (χ2n) is 4.17. The fraction of sp³-hybridized carbons (Fsp3) is 1.00. The van der Waals surface area contributed by atoms with Gasteiger partial charge in [-0.3, -0.25) is 0 Å². The van der Waals surface area contributed by atoms with Crippen LogP contribution >= 0.6 is 0 Å². The van der Waals surface area contributed by atoms with Gasteiger partial charge in [0, 0.05) is 24.0 Å². The van der Waals surface area contributed by atoms with E-state index in [4.69, 9.17) is 0 Å². The third-order valence-electron chi connectivity index (χ3n) is 3.52. The van der Waals surface area contributed by atoms with Crippen molar-refractivity contribution in [3.05, 3.63) is 0 Å². The number of nitrogens with one attached hydrogen (secondary N) is 2. The van der Waals surface area contributed by atoms with Gasteiger partial charge >= 0.3 is 0 Å². The molecule has 0 spiro atoms. The highest BCUT2D eigenvalue weighted by molar-refractivity contribution is 5.11. The number of hydrogen-bond donors (Lipinski definition) is 2. The van der Waals surface area contributed by atoms with E-state index >= 15 is 0 Å². The molecule has 2 fully saturated rings. The minimum Gasteiger partial charge on any atom is -0.314 e. The Balaban J connectivity index is 0.000000336. The Morgan fingerprint density at radius 3 is 2.33 bits per heavy atom. The molecule has 2 aliphatic heterocycles. The lowest BCUT2D eigenvalue weighted by Gasteiger charge is -2.32. The Morgan fingerprint density at radius 1 is 1.08 bits per heavy atom. The summed E-state index contributed by atoms with van der Waals surface area (Å²) >= 11 is 0. The van der Waals surface area contributed by atoms with Crippen LogP contribution in [0.4, 0.5) is 0 Å². The zero-order valence-corrected chi connectivity index (χ0v) is 8.83. The van der Waals surface area contributed by atoms with Gasteiger partial charge in [-0.25, -0.2) is 0 Å². The van der Waals surface area contributed by atoms with Crippen molar-refractivity contribution in [2.24, 2.45) is 5.41 Å². The second-order valence-corrected chi connectivity index (χ2v) is 4.17. The molecule has 0 saturated carbocycles. The van der Waals surface area contributed by atoms with E-state index in [1.54, 1.807) is 0 Å². The first kappa shape index (κ1) is 10.0. The molecule has 2 rings (SSSR count). The first-order chi connectivity index (χ1) is 5.66. The Morgan fingerprint density at radius 2 is 1.75 bits per heavy atom. The molecule has 0 bridgehead atoms. The van der Waals surface area contributed by atoms with Crippen molar-refractivity contribution >= 4 is 0 Å². The molecule has 2 unspecified atom stereocenters. The van der Waals surface area contributed by atoms with Crippen molar-refractivity contribution in [3.8, 4) is 0 Å². The molecule has 2 N–H and O–H groups in total. The summed E-state index contributed by atoms with van der Waals surface area (Å²) in [5.41, 5.74) is 0.903. The molecule has 2 heteroatoms. The first-order valence-corrected chi connectivity index (χ1v) is 5.12. The van der Waals surface area contributed by atoms with Crippen LogP contribution in [0.3, 0.4) is 0 Å². The van der Waals surface area contributed by atoms with Crippen molar-refractivity contribution < 1.29 is 0 Å². The molecule has 0 amide bonds. The number of fused-ring (bicyclic) bond motifs is 1. The number of hydrogen-bond acceptors (Lipinski definition) is 2. The summed E-state index contributed by atoms with van der Waals surface area (Å²) < 4.78 is 0. The van der Waals surface area contributed by atoms with Crippen molar-refractivity contribution in [1.29, 1.82) is 0 Å². The van der Waals surface area contributed by atoms with Crippen LogP contribution in [0.25, 0.3) is 0 Å². The SMILES string of the molecule is CC.CC12CCNC1(C)CNC2. The molecule has 0 aromatic heterocycles. The Bertz CT molecular complexity index is 128. The summed E-state index contributed by atoms with van der Waals surface area (Å²) in [4.78, 5) is 0. The van der Waals surface area contributed by atoms with Crippen LogP contribution in [0.15, 0.2) is 0 Å². The Labute approximate surface area is 76.1 Å². The summed E-state index contributed by atoms with van der Waals surface area (Å²) in [6.45, 7) is 12.3. The topological polar surface area (TPSA) is 24.1 Å². The van der Waals surface area contributed by atoms with Gasteiger partial charge in [0.05, 0.1) is 0 Å². The van der Waals surface area contributed by atoms with E-state index < -0.39 is 0 Å². The molecule has 2 atom stereocenters. The highest BCUT2D eigenvalue weighted by Crippen LogP contribution is 2.41. The fourth-order valence-electron chi connectivity index (χ4n) is 2.25. The van der Waals surface area contributed by atoms with Gasteiger partial charge in [0.25, 0.3) is 0 Å². The van der Waals surface area contributed by atoms with Crippen LogP contribution in [0.5, 0.6) is 0 Å². The van der Waals surface area contributed by atoms with Crippen molar-refractivity contribution in [2.75, 3.05) is 19.6 Å². The zero-order valence-electron chi connectivity index (χ0n) is 8.83. The Hall–Kier alpha value is -0.0800. The van der Waals surface area contributed by atoms with Crippen LogP contribution in [-0.4, -0.2) is 25.2 Å². The average Bonchev–Trinajstić information content (AvgIpc) is 2.45. The molecule has 0 aromatic carbocycles. The van der Waals surface area contributed by atoms with E-state index in [1.165, 1.54) is 19.5 Å². The molecular formula is C10H22N2. The van der Waals surface area contributed by atoms with E-state index in [0.29, 0.717) is 11.0 Å². The molecule has 2 nitrogen and oxygen atoms in total. The van der Waals surface area contributed by atoms with Crippen molar-refractivity contribution in [1.82, 2.24) is 10.6 Å². The smallest absolute Gasteiger partial charge is 0.0344 e. The highest BCUT2D eigenvalue weighted by atomic mass is 15.1. The lowest BCUT2D eigenvalue weighted by molar-refractivity contribution is 0.251. The van der Waals surface area contributed by atoms with E-state index in [2.05, 4.69) is 24.5 Å². The fourth-order valence-corrected chi connectivity index (χ4v) is 2.25. The predicted octanol–water partition coefficient (Wildman–Crippen LogP) is 1.37. The average molecular weight is 170 g/mol. The van der Waals surface area contributed by atoms with Gasteiger partial charge < -0.3 is 10.6 Å². The Kier molecular flexibility index (Phi) is 2.79. The summed E-state index contributed by atoms with van der Waals surface area (Å²) in [5.74, 6) is 0. The van der Waals surface area contributed by atoms with E-state index in [-0.39, 0.29) is 0 Å². The molecule has 2 aliphatic rings. The molecule has 0 radical (unpaired) electrons. The second kappa shape index (κ2) is 3.35. The highest BCUT2D eigenvalue weighted by Gasteiger charge is 2.51. The van der Waals surface area contributed by atoms with E-state index in [9.17, 15) is 0 Å². The van der Waals surface area contributed by atoms with E-state index in [1.807, 2.05) is 13.8 Å². The molecule has 2 heterocycles. The van der Waals surface area contributed by atoms with Crippen LogP contribution in [-0.2, 0) is 0 Å². The minimum absolute atomic E-state index is 0.382. The van der Waals surface area contributed by atoms with Crippen LogP contribution < -0.4 is 10.6 Å². The normalized spacial score (nSPS) is 45.0. The lowest BCUT2D eigenvalue weighted by atomic mass is 9.76. The molecular weight excluding hydrogens is 148 g/mol. The summed E-state index contributed by atoms with van der Waals surface area (Å²) in [5, 5.41) is 7.02. The van der Waals surface area contributed by atoms with Gasteiger partial charge in [0.15, 0.2) is 0 Å². The van der Waals surface area contributed by atoms with Crippen molar-refractivity contribution in [2.45, 2.75) is 39.7 Å².